The summed E-state index contributed by atoms with van der Waals surface area (Å²) in [6.45, 7) is 1.32. The zero-order chi connectivity index (χ0) is 15.1. The summed E-state index contributed by atoms with van der Waals surface area (Å²) < 4.78 is 5.00. The van der Waals surface area contributed by atoms with Gasteiger partial charge >= 0.3 is 11.9 Å². The molecule has 0 radical (unpaired) electrons. The maximum absolute atomic E-state index is 11.6. The van der Waals surface area contributed by atoms with E-state index >= 15 is 0 Å². The van der Waals surface area contributed by atoms with Gasteiger partial charge in [0.15, 0.2) is 0 Å². The second-order valence-electron chi connectivity index (χ2n) is 4.33. The molecule has 6 nitrogen and oxygen atoms in total. The monoisotopic (exact) mass is 279 g/mol. The fourth-order valence-electron chi connectivity index (χ4n) is 1.56. The number of benzene rings is 1. The summed E-state index contributed by atoms with van der Waals surface area (Å²) in [4.78, 5) is 34.9. The van der Waals surface area contributed by atoms with Crippen molar-refractivity contribution in [2.75, 3.05) is 7.05 Å². The molecule has 108 valence electrons. The lowest BCUT2D eigenvalue weighted by atomic mass is 10.2. The van der Waals surface area contributed by atoms with Gasteiger partial charge in [0, 0.05) is 14.0 Å². The Balaban J connectivity index is 2.54. The highest BCUT2D eigenvalue weighted by molar-refractivity contribution is 5.86. The van der Waals surface area contributed by atoms with E-state index < -0.39 is 23.9 Å². The Morgan fingerprint density at radius 3 is 2.35 bits per heavy atom. The summed E-state index contributed by atoms with van der Waals surface area (Å²) in [5.74, 6) is -2.32. The fraction of sp³-hybridized carbons (Fsp3) is 0.357. The summed E-state index contributed by atoms with van der Waals surface area (Å²) in [6.07, 6.45) is -0.377. The number of ether oxygens (including phenoxy) is 1. The van der Waals surface area contributed by atoms with Gasteiger partial charge in [0.2, 0.25) is 5.91 Å². The lowest BCUT2D eigenvalue weighted by Gasteiger charge is -2.22. The normalized spacial score (nSPS) is 11.5. The largest absolute Gasteiger partial charge is 0.480 e. The first-order valence-corrected chi connectivity index (χ1v) is 6.07. The zero-order valence-corrected chi connectivity index (χ0v) is 11.4. The minimum absolute atomic E-state index is 0.0792. The van der Waals surface area contributed by atoms with E-state index in [0.717, 1.165) is 10.5 Å². The molecule has 0 bridgehead atoms. The standard InChI is InChI=1S/C14H17NO5/c1-10(16)15(2)12(14(18)19)8-13(17)20-9-11-6-4-3-5-7-11/h3-7,12H,8-9H2,1-2H3,(H,18,19)/t12-/m0/s1. The van der Waals surface area contributed by atoms with E-state index in [4.69, 9.17) is 9.84 Å². The van der Waals surface area contributed by atoms with Crippen molar-refractivity contribution in [1.29, 1.82) is 0 Å². The first-order valence-electron chi connectivity index (χ1n) is 6.07. The van der Waals surface area contributed by atoms with Crippen molar-refractivity contribution in [1.82, 2.24) is 4.90 Å². The molecule has 20 heavy (non-hydrogen) atoms. The van der Waals surface area contributed by atoms with E-state index in [9.17, 15) is 14.4 Å². The van der Waals surface area contributed by atoms with Crippen LogP contribution in [-0.2, 0) is 25.7 Å². The van der Waals surface area contributed by atoms with E-state index in [1.165, 1.54) is 14.0 Å². The molecule has 1 aromatic carbocycles. The molecule has 6 heteroatoms. The Kier molecular flexibility index (Phi) is 5.71. The number of rotatable bonds is 6. The van der Waals surface area contributed by atoms with Crippen molar-refractivity contribution in [3.8, 4) is 0 Å². The van der Waals surface area contributed by atoms with Crippen molar-refractivity contribution in [2.24, 2.45) is 0 Å². The van der Waals surface area contributed by atoms with Gasteiger partial charge in [0.25, 0.3) is 0 Å². The SMILES string of the molecule is CC(=O)N(C)[C@@H](CC(=O)OCc1ccccc1)C(=O)O. The Morgan fingerprint density at radius 1 is 1.25 bits per heavy atom. The molecule has 0 spiro atoms. The van der Waals surface area contributed by atoms with Gasteiger partial charge in [-0.3, -0.25) is 9.59 Å². The molecule has 1 rings (SSSR count). The third kappa shape index (κ3) is 4.72. The minimum atomic E-state index is -1.24. The molecule has 0 aliphatic rings. The summed E-state index contributed by atoms with van der Waals surface area (Å²) in [5, 5.41) is 9.03. The van der Waals surface area contributed by atoms with Crippen LogP contribution in [0.25, 0.3) is 0 Å². The second kappa shape index (κ2) is 7.28. The van der Waals surface area contributed by atoms with Crippen LogP contribution >= 0.6 is 0 Å². The molecular formula is C14H17NO5. The third-order valence-corrected chi connectivity index (χ3v) is 2.85. The van der Waals surface area contributed by atoms with E-state index in [1.54, 1.807) is 12.1 Å². The highest BCUT2D eigenvalue weighted by atomic mass is 16.5. The molecule has 0 fully saturated rings. The first-order chi connectivity index (χ1) is 9.41. The summed E-state index contributed by atoms with van der Waals surface area (Å²) in [5.41, 5.74) is 0.813. The third-order valence-electron chi connectivity index (χ3n) is 2.85. The van der Waals surface area contributed by atoms with Crippen LogP contribution in [0.15, 0.2) is 30.3 Å². The molecule has 0 heterocycles. The number of likely N-dealkylation sites (N-methyl/N-ethyl adjacent to an activating group) is 1. The summed E-state index contributed by atoms with van der Waals surface area (Å²) in [6, 6.07) is 7.84. The lowest BCUT2D eigenvalue weighted by molar-refractivity contribution is -0.155. The van der Waals surface area contributed by atoms with Crippen LogP contribution < -0.4 is 0 Å². The van der Waals surface area contributed by atoms with Crippen LogP contribution in [0.2, 0.25) is 0 Å². The highest BCUT2D eigenvalue weighted by Gasteiger charge is 2.28. The average Bonchev–Trinajstić information content (AvgIpc) is 2.42. The molecular weight excluding hydrogens is 262 g/mol. The number of carboxylic acids is 1. The smallest absolute Gasteiger partial charge is 0.327 e. The maximum Gasteiger partial charge on any atom is 0.327 e. The minimum Gasteiger partial charge on any atom is -0.480 e. The summed E-state index contributed by atoms with van der Waals surface area (Å²) >= 11 is 0. The maximum atomic E-state index is 11.6. The van der Waals surface area contributed by atoms with E-state index in [0.29, 0.717) is 0 Å². The molecule has 1 atom stereocenters. The van der Waals surface area contributed by atoms with Crippen molar-refractivity contribution in [2.45, 2.75) is 26.0 Å². The topological polar surface area (TPSA) is 83.9 Å². The van der Waals surface area contributed by atoms with Gasteiger partial charge in [-0.05, 0) is 5.56 Å². The number of carbonyl (C=O) groups is 3. The molecule has 1 amide bonds. The molecule has 1 aromatic rings. The number of hydrogen-bond acceptors (Lipinski definition) is 4. The number of amides is 1. The van der Waals surface area contributed by atoms with E-state index in [-0.39, 0.29) is 13.0 Å². The van der Waals surface area contributed by atoms with Crippen molar-refractivity contribution < 1.29 is 24.2 Å². The van der Waals surface area contributed by atoms with Crippen LogP contribution in [0.1, 0.15) is 18.9 Å². The van der Waals surface area contributed by atoms with Gasteiger partial charge in [0.1, 0.15) is 12.6 Å². The zero-order valence-electron chi connectivity index (χ0n) is 11.4. The highest BCUT2D eigenvalue weighted by Crippen LogP contribution is 2.07. The molecule has 0 saturated carbocycles. The fourth-order valence-corrected chi connectivity index (χ4v) is 1.56. The number of aliphatic carboxylic acids is 1. The van der Waals surface area contributed by atoms with Crippen LogP contribution in [0.3, 0.4) is 0 Å². The van der Waals surface area contributed by atoms with Crippen LogP contribution in [-0.4, -0.2) is 40.9 Å². The Labute approximate surface area is 117 Å². The molecule has 0 aliphatic carbocycles. The van der Waals surface area contributed by atoms with Crippen molar-refractivity contribution >= 4 is 17.8 Å². The van der Waals surface area contributed by atoms with Crippen LogP contribution in [0.4, 0.5) is 0 Å². The first kappa shape index (κ1) is 15.7. The second-order valence-corrected chi connectivity index (χ2v) is 4.33. The molecule has 0 aliphatic heterocycles. The number of carbonyl (C=O) groups excluding carboxylic acids is 2. The van der Waals surface area contributed by atoms with E-state index in [1.807, 2.05) is 18.2 Å². The molecule has 0 unspecified atom stereocenters. The van der Waals surface area contributed by atoms with Gasteiger partial charge < -0.3 is 14.7 Å². The summed E-state index contributed by atoms with van der Waals surface area (Å²) in [7, 11) is 1.34. The number of nitrogens with zero attached hydrogens (tertiary/aromatic N) is 1. The predicted molar refractivity (Wildman–Crippen MR) is 70.7 cm³/mol. The average molecular weight is 279 g/mol. The number of carboxylic acid groups (broad SMARTS) is 1. The van der Waals surface area contributed by atoms with Gasteiger partial charge in [-0.15, -0.1) is 0 Å². The van der Waals surface area contributed by atoms with Gasteiger partial charge in [0.05, 0.1) is 6.42 Å². The van der Waals surface area contributed by atoms with Gasteiger partial charge in [-0.2, -0.15) is 0 Å². The Bertz CT molecular complexity index is 486. The molecule has 0 saturated heterocycles. The van der Waals surface area contributed by atoms with Gasteiger partial charge in [-0.1, -0.05) is 30.3 Å². The Hall–Kier alpha value is -2.37. The Morgan fingerprint density at radius 2 is 1.85 bits per heavy atom. The van der Waals surface area contributed by atoms with Crippen LogP contribution in [0, 0.1) is 0 Å². The molecule has 1 N–H and O–H groups in total. The van der Waals surface area contributed by atoms with Crippen molar-refractivity contribution in [3.05, 3.63) is 35.9 Å². The van der Waals surface area contributed by atoms with Gasteiger partial charge in [-0.25, -0.2) is 4.79 Å². The quantitative estimate of drug-likeness (QED) is 0.787. The van der Waals surface area contributed by atoms with E-state index in [2.05, 4.69) is 0 Å². The number of esters is 1. The van der Waals surface area contributed by atoms with Crippen LogP contribution in [0.5, 0.6) is 0 Å². The lowest BCUT2D eigenvalue weighted by Crippen LogP contribution is -2.42. The number of hydrogen-bond donors (Lipinski definition) is 1. The predicted octanol–water partition coefficient (Wildman–Crippen LogP) is 1.05. The van der Waals surface area contributed by atoms with Crippen molar-refractivity contribution in [3.63, 3.8) is 0 Å². The molecule has 0 aromatic heterocycles.